The molecule has 8 aromatic rings. The van der Waals surface area contributed by atoms with E-state index in [9.17, 15) is 0 Å². The molecule has 0 N–H and O–H groups in total. The Morgan fingerprint density at radius 2 is 0.922 bits per heavy atom. The van der Waals surface area contributed by atoms with Crippen molar-refractivity contribution in [1.82, 2.24) is 0 Å². The van der Waals surface area contributed by atoms with Gasteiger partial charge in [0.15, 0.2) is 0 Å². The average molecular weight is 652 g/mol. The molecule has 0 bridgehead atoms. The van der Waals surface area contributed by atoms with Crippen molar-refractivity contribution in [3.8, 4) is 44.9 Å². The van der Waals surface area contributed by atoms with Gasteiger partial charge in [-0.05, 0) is 87.5 Å². The van der Waals surface area contributed by atoms with E-state index < -0.39 is 5.41 Å². The number of para-hydroxylation sites is 3. The van der Waals surface area contributed by atoms with Gasteiger partial charge in [0.05, 0.1) is 11.1 Å². The highest BCUT2D eigenvalue weighted by Gasteiger charge is 2.51. The van der Waals surface area contributed by atoms with Gasteiger partial charge in [-0.25, -0.2) is 0 Å². The lowest BCUT2D eigenvalue weighted by Gasteiger charge is -2.40. The highest BCUT2D eigenvalue weighted by atomic mass is 16.5. The smallest absolute Gasteiger partial charge is 0.132 e. The topological polar surface area (TPSA) is 12.5 Å². The zero-order valence-electron chi connectivity index (χ0n) is 27.9. The summed E-state index contributed by atoms with van der Waals surface area (Å²) in [6.07, 6.45) is 0. The van der Waals surface area contributed by atoms with Gasteiger partial charge in [-0.1, -0.05) is 152 Å². The molecular weight excluding hydrogens is 619 g/mol. The average Bonchev–Trinajstić information content (AvgIpc) is 3.49. The van der Waals surface area contributed by atoms with Gasteiger partial charge in [-0.15, -0.1) is 0 Å². The van der Waals surface area contributed by atoms with Gasteiger partial charge >= 0.3 is 0 Å². The summed E-state index contributed by atoms with van der Waals surface area (Å²) in [4.78, 5) is 2.41. The molecule has 0 aromatic heterocycles. The SMILES string of the molecule is c1ccc(-c2ccc3c(c2)C2(c4ccccc4O3)c3ccccc3-c3ccc(N(c4ccccc4)c4ccccc4-c4ccccc4)cc32)cc1. The molecule has 0 amide bonds. The summed E-state index contributed by atoms with van der Waals surface area (Å²) in [5, 5.41) is 0. The predicted molar refractivity (Wildman–Crippen MR) is 209 cm³/mol. The van der Waals surface area contributed by atoms with Crippen molar-refractivity contribution in [2.75, 3.05) is 4.90 Å². The predicted octanol–water partition coefficient (Wildman–Crippen LogP) is 13.0. The molecule has 10 rings (SSSR count). The third-order valence-corrected chi connectivity index (χ3v) is 10.5. The lowest BCUT2D eigenvalue weighted by atomic mass is 9.65. The van der Waals surface area contributed by atoms with Crippen LogP contribution in [-0.2, 0) is 5.41 Å². The molecule has 2 aliphatic rings. The molecule has 1 aliphatic heterocycles. The second-order valence-electron chi connectivity index (χ2n) is 13.3. The van der Waals surface area contributed by atoms with Crippen LogP contribution < -0.4 is 9.64 Å². The second-order valence-corrected chi connectivity index (χ2v) is 13.3. The molecule has 2 heteroatoms. The fraction of sp³-hybridized carbons (Fsp3) is 0.0204. The Hall–Kier alpha value is -6.64. The number of hydrogen-bond donors (Lipinski definition) is 0. The molecule has 8 aromatic carbocycles. The van der Waals surface area contributed by atoms with Crippen LogP contribution in [0, 0.1) is 0 Å². The molecule has 0 radical (unpaired) electrons. The Balaban J connectivity index is 1.28. The number of benzene rings is 8. The Labute approximate surface area is 298 Å². The van der Waals surface area contributed by atoms with Crippen molar-refractivity contribution in [2.45, 2.75) is 5.41 Å². The Kier molecular flexibility index (Phi) is 6.75. The van der Waals surface area contributed by atoms with Crippen molar-refractivity contribution in [2.24, 2.45) is 0 Å². The van der Waals surface area contributed by atoms with E-state index in [1.807, 2.05) is 0 Å². The van der Waals surface area contributed by atoms with Gasteiger partial charge < -0.3 is 9.64 Å². The van der Waals surface area contributed by atoms with Crippen molar-refractivity contribution in [3.05, 3.63) is 222 Å². The minimum absolute atomic E-state index is 0.599. The summed E-state index contributed by atoms with van der Waals surface area (Å²) >= 11 is 0. The van der Waals surface area contributed by atoms with Crippen molar-refractivity contribution < 1.29 is 4.74 Å². The van der Waals surface area contributed by atoms with Crippen LogP contribution in [0.15, 0.2) is 200 Å². The van der Waals surface area contributed by atoms with E-state index in [2.05, 4.69) is 205 Å². The number of hydrogen-bond acceptors (Lipinski definition) is 2. The number of rotatable bonds is 5. The number of ether oxygens (including phenoxy) is 1. The Morgan fingerprint density at radius 1 is 0.333 bits per heavy atom. The van der Waals surface area contributed by atoms with Crippen LogP contribution in [0.3, 0.4) is 0 Å². The van der Waals surface area contributed by atoms with Gasteiger partial charge in [0.25, 0.3) is 0 Å². The maximum atomic E-state index is 6.76. The van der Waals surface area contributed by atoms with E-state index >= 15 is 0 Å². The third kappa shape index (κ3) is 4.50. The van der Waals surface area contributed by atoms with E-state index in [1.54, 1.807) is 0 Å². The summed E-state index contributed by atoms with van der Waals surface area (Å²) in [7, 11) is 0. The lowest BCUT2D eigenvalue weighted by molar-refractivity contribution is 0.436. The fourth-order valence-electron chi connectivity index (χ4n) is 8.37. The van der Waals surface area contributed by atoms with Gasteiger partial charge in [0, 0.05) is 28.1 Å². The zero-order chi connectivity index (χ0) is 33.8. The monoisotopic (exact) mass is 651 g/mol. The van der Waals surface area contributed by atoms with Crippen molar-refractivity contribution in [1.29, 1.82) is 0 Å². The first-order valence-corrected chi connectivity index (χ1v) is 17.5. The van der Waals surface area contributed by atoms with Crippen LogP contribution >= 0.6 is 0 Å². The van der Waals surface area contributed by atoms with Crippen LogP contribution in [0.2, 0.25) is 0 Å². The van der Waals surface area contributed by atoms with Crippen LogP contribution in [0.25, 0.3) is 33.4 Å². The normalized spacial score (nSPS) is 14.9. The van der Waals surface area contributed by atoms with Crippen molar-refractivity contribution in [3.63, 3.8) is 0 Å². The molecule has 1 heterocycles. The van der Waals surface area contributed by atoms with E-state index in [-0.39, 0.29) is 0 Å². The molecule has 51 heavy (non-hydrogen) atoms. The molecule has 1 aliphatic carbocycles. The standard InChI is InChI=1S/C49H33NO/c1-4-16-34(17-5-1)36-28-31-48-45(32-36)49(43-25-13-15-27-47(43)51-48)42-24-12-10-23-40(42)41-30-29-38(33-44(41)49)50(37-20-8-3-9-21-37)46-26-14-11-22-39(46)35-18-6-2-7-19-35/h1-33H. The van der Waals surface area contributed by atoms with Gasteiger partial charge in [0.2, 0.25) is 0 Å². The maximum Gasteiger partial charge on any atom is 0.132 e. The van der Waals surface area contributed by atoms with Crippen LogP contribution in [0.4, 0.5) is 17.1 Å². The molecule has 0 saturated carbocycles. The van der Waals surface area contributed by atoms with Crippen LogP contribution in [0.1, 0.15) is 22.3 Å². The summed E-state index contributed by atoms with van der Waals surface area (Å²) in [6, 6.07) is 72.1. The number of fused-ring (bicyclic) bond motifs is 9. The Bertz CT molecular complexity index is 2560. The fourth-order valence-corrected chi connectivity index (χ4v) is 8.37. The van der Waals surface area contributed by atoms with Crippen LogP contribution in [0.5, 0.6) is 11.5 Å². The molecule has 2 nitrogen and oxygen atoms in total. The molecule has 240 valence electrons. The second kappa shape index (κ2) is 11.8. The van der Waals surface area contributed by atoms with E-state index in [4.69, 9.17) is 4.74 Å². The van der Waals surface area contributed by atoms with E-state index in [1.165, 1.54) is 44.5 Å². The summed E-state index contributed by atoms with van der Waals surface area (Å²) in [5.74, 6) is 1.77. The van der Waals surface area contributed by atoms with E-state index in [0.717, 1.165) is 39.7 Å². The van der Waals surface area contributed by atoms with E-state index in [0.29, 0.717) is 0 Å². The molecule has 0 saturated heterocycles. The molecular formula is C49H33NO. The first kappa shape index (κ1) is 29.3. The van der Waals surface area contributed by atoms with Gasteiger partial charge in [0.1, 0.15) is 11.5 Å². The maximum absolute atomic E-state index is 6.76. The Morgan fingerprint density at radius 3 is 1.71 bits per heavy atom. The largest absolute Gasteiger partial charge is 0.457 e. The highest BCUT2D eigenvalue weighted by Crippen LogP contribution is 2.63. The summed E-state index contributed by atoms with van der Waals surface area (Å²) in [5.41, 5.74) is 14.8. The first-order chi connectivity index (χ1) is 25.3. The molecule has 1 unspecified atom stereocenters. The summed E-state index contributed by atoms with van der Waals surface area (Å²) < 4.78 is 6.76. The summed E-state index contributed by atoms with van der Waals surface area (Å²) in [6.45, 7) is 0. The van der Waals surface area contributed by atoms with Crippen molar-refractivity contribution >= 4 is 17.1 Å². The van der Waals surface area contributed by atoms with Gasteiger partial charge in [-0.3, -0.25) is 0 Å². The van der Waals surface area contributed by atoms with Gasteiger partial charge in [-0.2, -0.15) is 0 Å². The highest BCUT2D eigenvalue weighted by molar-refractivity contribution is 5.93. The quantitative estimate of drug-likeness (QED) is 0.184. The number of nitrogens with zero attached hydrogens (tertiary/aromatic N) is 1. The molecule has 1 spiro atoms. The van der Waals surface area contributed by atoms with Crippen LogP contribution in [-0.4, -0.2) is 0 Å². The first-order valence-electron chi connectivity index (χ1n) is 17.5. The molecule has 1 atom stereocenters. The number of anilines is 3. The molecule has 0 fully saturated rings. The third-order valence-electron chi connectivity index (χ3n) is 10.5. The minimum atomic E-state index is -0.599. The zero-order valence-corrected chi connectivity index (χ0v) is 27.9. The lowest BCUT2D eigenvalue weighted by Crippen LogP contribution is -2.32. The minimum Gasteiger partial charge on any atom is -0.457 e.